The standard InChI is InChI=1S/C30H50O/c1-19(2)24(20(3)4)10-8-21(5)26-12-13-27-25-11-9-22-18-23(31)14-16-29(22,6)28(25)15-17-30(26,27)7/h11,20-24,26-28,31H,1,8-10,12-18H2,2-7H3. The van der Waals surface area contributed by atoms with Gasteiger partial charge in [-0.1, -0.05) is 58.4 Å². The molecular weight excluding hydrogens is 376 g/mol. The van der Waals surface area contributed by atoms with E-state index in [0.717, 1.165) is 36.5 Å². The van der Waals surface area contributed by atoms with Crippen LogP contribution in [0.15, 0.2) is 23.8 Å². The van der Waals surface area contributed by atoms with Crippen LogP contribution in [0.5, 0.6) is 0 Å². The summed E-state index contributed by atoms with van der Waals surface area (Å²) in [5, 5.41) is 10.3. The fourth-order valence-corrected chi connectivity index (χ4v) is 9.26. The van der Waals surface area contributed by atoms with Crippen molar-refractivity contribution in [2.24, 2.45) is 52.3 Å². The van der Waals surface area contributed by atoms with Gasteiger partial charge in [0.15, 0.2) is 0 Å². The Kier molecular flexibility index (Phi) is 6.59. The summed E-state index contributed by atoms with van der Waals surface area (Å²) in [4.78, 5) is 0. The molecule has 0 radical (unpaired) electrons. The number of allylic oxidation sites excluding steroid dienone is 3. The fraction of sp³-hybridized carbons (Fsp3) is 0.867. The molecule has 0 spiro atoms. The number of hydrogen-bond acceptors (Lipinski definition) is 1. The summed E-state index contributed by atoms with van der Waals surface area (Å²) in [6.07, 6.45) is 15.5. The molecule has 3 fully saturated rings. The van der Waals surface area contributed by atoms with Crippen molar-refractivity contribution in [3.05, 3.63) is 23.8 Å². The minimum atomic E-state index is -0.0486. The Morgan fingerprint density at radius 3 is 2.39 bits per heavy atom. The van der Waals surface area contributed by atoms with Crippen molar-refractivity contribution in [2.45, 2.75) is 112 Å². The lowest BCUT2D eigenvalue weighted by molar-refractivity contribution is -0.0428. The Hall–Kier alpha value is -0.560. The van der Waals surface area contributed by atoms with E-state index >= 15 is 0 Å². The van der Waals surface area contributed by atoms with Crippen LogP contribution >= 0.6 is 0 Å². The highest BCUT2D eigenvalue weighted by molar-refractivity contribution is 5.27. The molecular formula is C30H50O. The number of aliphatic hydroxyl groups is 1. The minimum absolute atomic E-state index is 0.0486. The highest BCUT2D eigenvalue weighted by atomic mass is 16.3. The first-order chi connectivity index (χ1) is 14.6. The van der Waals surface area contributed by atoms with Crippen molar-refractivity contribution in [2.75, 3.05) is 0 Å². The van der Waals surface area contributed by atoms with Crippen molar-refractivity contribution in [1.29, 1.82) is 0 Å². The number of fused-ring (bicyclic) bond motifs is 5. The van der Waals surface area contributed by atoms with E-state index in [2.05, 4.69) is 54.2 Å². The van der Waals surface area contributed by atoms with Gasteiger partial charge >= 0.3 is 0 Å². The largest absolute Gasteiger partial charge is 0.393 e. The molecule has 1 heteroatoms. The second-order valence-corrected chi connectivity index (χ2v) is 13.2. The molecule has 4 aliphatic rings. The van der Waals surface area contributed by atoms with Gasteiger partial charge in [-0.2, -0.15) is 0 Å². The molecule has 4 aliphatic carbocycles. The average molecular weight is 427 g/mol. The van der Waals surface area contributed by atoms with E-state index < -0.39 is 0 Å². The average Bonchev–Trinajstić information content (AvgIpc) is 3.05. The SMILES string of the molecule is C=C(C)C(CCC(C)C1CCC2C3=CCC4CC(O)CCC4(C)C3CCC21C)C(C)C. The van der Waals surface area contributed by atoms with Crippen LogP contribution in [0.3, 0.4) is 0 Å². The monoisotopic (exact) mass is 426 g/mol. The normalized spacial score (nSPS) is 44.1. The summed E-state index contributed by atoms with van der Waals surface area (Å²) in [5.41, 5.74) is 4.20. The van der Waals surface area contributed by atoms with Gasteiger partial charge in [0.05, 0.1) is 6.10 Å². The molecule has 31 heavy (non-hydrogen) atoms. The maximum atomic E-state index is 10.3. The summed E-state index contributed by atoms with van der Waals surface area (Å²) in [6, 6.07) is 0. The van der Waals surface area contributed by atoms with Crippen LogP contribution in [0.4, 0.5) is 0 Å². The molecule has 1 nitrogen and oxygen atoms in total. The Balaban J connectivity index is 1.48. The third kappa shape index (κ3) is 4.00. The van der Waals surface area contributed by atoms with Gasteiger partial charge in [-0.25, -0.2) is 0 Å². The lowest BCUT2D eigenvalue weighted by Crippen LogP contribution is -2.49. The first-order valence-electron chi connectivity index (χ1n) is 13.6. The Morgan fingerprint density at radius 1 is 1.03 bits per heavy atom. The van der Waals surface area contributed by atoms with E-state index in [1.807, 2.05) is 5.57 Å². The van der Waals surface area contributed by atoms with Crippen molar-refractivity contribution in [3.8, 4) is 0 Å². The molecule has 0 amide bonds. The maximum absolute atomic E-state index is 10.3. The summed E-state index contributed by atoms with van der Waals surface area (Å²) in [6.45, 7) is 19.1. The van der Waals surface area contributed by atoms with Gasteiger partial charge < -0.3 is 5.11 Å². The molecule has 0 saturated heterocycles. The second kappa shape index (κ2) is 8.66. The highest BCUT2D eigenvalue weighted by Gasteiger charge is 2.58. The molecule has 9 unspecified atom stereocenters. The van der Waals surface area contributed by atoms with Crippen molar-refractivity contribution < 1.29 is 5.11 Å². The zero-order valence-electron chi connectivity index (χ0n) is 21.4. The van der Waals surface area contributed by atoms with Crippen LogP contribution < -0.4 is 0 Å². The van der Waals surface area contributed by atoms with Gasteiger partial charge in [0.25, 0.3) is 0 Å². The summed E-state index contributed by atoms with van der Waals surface area (Å²) < 4.78 is 0. The minimum Gasteiger partial charge on any atom is -0.393 e. The molecule has 9 atom stereocenters. The molecule has 0 aliphatic heterocycles. The predicted octanol–water partition coefficient (Wildman–Crippen LogP) is 8.19. The lowest BCUT2D eigenvalue weighted by Gasteiger charge is -2.57. The van der Waals surface area contributed by atoms with Crippen LogP contribution in [-0.2, 0) is 0 Å². The van der Waals surface area contributed by atoms with Crippen molar-refractivity contribution >= 4 is 0 Å². The van der Waals surface area contributed by atoms with Crippen LogP contribution in [0.2, 0.25) is 0 Å². The van der Waals surface area contributed by atoms with Gasteiger partial charge in [-0.05, 0) is 123 Å². The molecule has 176 valence electrons. The van der Waals surface area contributed by atoms with Crippen LogP contribution in [0.25, 0.3) is 0 Å². The van der Waals surface area contributed by atoms with E-state index in [1.165, 1.54) is 56.9 Å². The van der Waals surface area contributed by atoms with Gasteiger partial charge in [0.1, 0.15) is 0 Å². The zero-order valence-corrected chi connectivity index (χ0v) is 21.4. The van der Waals surface area contributed by atoms with Crippen LogP contribution in [0.1, 0.15) is 106 Å². The van der Waals surface area contributed by atoms with Gasteiger partial charge in [-0.15, -0.1) is 0 Å². The van der Waals surface area contributed by atoms with E-state index in [0.29, 0.717) is 28.6 Å². The Labute approximate surface area is 193 Å². The molecule has 1 N–H and O–H groups in total. The summed E-state index contributed by atoms with van der Waals surface area (Å²) in [7, 11) is 0. The molecule has 0 aromatic heterocycles. The quantitative estimate of drug-likeness (QED) is 0.424. The van der Waals surface area contributed by atoms with E-state index in [-0.39, 0.29) is 6.10 Å². The van der Waals surface area contributed by atoms with Crippen LogP contribution in [0, 0.1) is 52.3 Å². The topological polar surface area (TPSA) is 20.2 Å². The number of aliphatic hydroxyl groups excluding tert-OH is 1. The Bertz CT molecular complexity index is 703. The van der Waals surface area contributed by atoms with Gasteiger partial charge in [0, 0.05) is 0 Å². The second-order valence-electron chi connectivity index (χ2n) is 13.2. The molecule has 0 aromatic carbocycles. The lowest BCUT2D eigenvalue weighted by atomic mass is 9.47. The van der Waals surface area contributed by atoms with Crippen LogP contribution in [-0.4, -0.2) is 11.2 Å². The van der Waals surface area contributed by atoms with E-state index in [9.17, 15) is 5.11 Å². The first kappa shape index (κ1) is 23.6. The molecule has 4 rings (SSSR count). The molecule has 3 saturated carbocycles. The molecule has 0 heterocycles. The summed E-state index contributed by atoms with van der Waals surface area (Å²) >= 11 is 0. The molecule has 0 bridgehead atoms. The fourth-order valence-electron chi connectivity index (χ4n) is 9.26. The summed E-state index contributed by atoms with van der Waals surface area (Å²) in [5.74, 6) is 5.43. The number of hydrogen-bond donors (Lipinski definition) is 1. The zero-order chi connectivity index (χ0) is 22.6. The third-order valence-corrected chi connectivity index (χ3v) is 11.2. The van der Waals surface area contributed by atoms with E-state index in [4.69, 9.17) is 0 Å². The smallest absolute Gasteiger partial charge is 0.0543 e. The predicted molar refractivity (Wildman–Crippen MR) is 133 cm³/mol. The Morgan fingerprint density at radius 2 is 1.71 bits per heavy atom. The van der Waals surface area contributed by atoms with E-state index in [1.54, 1.807) is 0 Å². The van der Waals surface area contributed by atoms with Crippen molar-refractivity contribution in [1.82, 2.24) is 0 Å². The van der Waals surface area contributed by atoms with Crippen molar-refractivity contribution in [3.63, 3.8) is 0 Å². The highest BCUT2D eigenvalue weighted by Crippen LogP contribution is 2.67. The number of rotatable bonds is 6. The third-order valence-electron chi connectivity index (χ3n) is 11.2. The first-order valence-corrected chi connectivity index (χ1v) is 13.6. The van der Waals surface area contributed by atoms with Gasteiger partial charge in [0.2, 0.25) is 0 Å². The van der Waals surface area contributed by atoms with Gasteiger partial charge in [-0.3, -0.25) is 0 Å². The maximum Gasteiger partial charge on any atom is 0.0543 e. The molecule has 0 aromatic rings.